The van der Waals surface area contributed by atoms with Crippen LogP contribution >= 0.6 is 0 Å². The van der Waals surface area contributed by atoms with Gasteiger partial charge in [-0.15, -0.1) is 0 Å². The Balaban J connectivity index is 1.87. The Morgan fingerprint density at radius 2 is 2.04 bits per heavy atom. The molecule has 0 spiro atoms. The van der Waals surface area contributed by atoms with Crippen LogP contribution in [0.5, 0.6) is 5.75 Å². The summed E-state index contributed by atoms with van der Waals surface area (Å²) in [5.41, 5.74) is 2.98. The molecule has 2 heterocycles. The Morgan fingerprint density at radius 1 is 1.22 bits per heavy atom. The predicted molar refractivity (Wildman–Crippen MR) is 90.4 cm³/mol. The van der Waals surface area contributed by atoms with Gasteiger partial charge in [0.1, 0.15) is 5.75 Å². The number of aliphatic hydroxyl groups excluding tert-OH is 1. The van der Waals surface area contributed by atoms with E-state index in [1.54, 1.807) is 12.3 Å². The van der Waals surface area contributed by atoms with Crippen LogP contribution in [0.25, 0.3) is 0 Å². The molecule has 1 atom stereocenters. The highest BCUT2D eigenvalue weighted by Crippen LogP contribution is 2.26. The number of likely N-dealkylation sites (N-methyl/N-ethyl adjacent to an activating group) is 1. The molecule has 23 heavy (non-hydrogen) atoms. The number of aliphatic hydroxyl groups is 1. The molecular formula is C18H23N3O2. The van der Waals surface area contributed by atoms with E-state index in [4.69, 9.17) is 0 Å². The number of phenolic OH excluding ortho intramolecular Hbond substituents is 1. The van der Waals surface area contributed by atoms with Gasteiger partial charge in [0.2, 0.25) is 0 Å². The van der Waals surface area contributed by atoms with Gasteiger partial charge in [0.05, 0.1) is 24.0 Å². The highest BCUT2D eigenvalue weighted by Gasteiger charge is 2.23. The number of rotatable bonds is 3. The third-order valence-electron chi connectivity index (χ3n) is 4.54. The third-order valence-corrected chi connectivity index (χ3v) is 4.54. The SMILES string of the molecule is CN1c2cccnc2CN(Cc2ccccc2O)CCC1CO. The summed E-state index contributed by atoms with van der Waals surface area (Å²) in [6, 6.07) is 11.5. The van der Waals surface area contributed by atoms with Crippen LogP contribution in [0.2, 0.25) is 0 Å². The standard InChI is InChI=1S/C18H23N3O2/c1-20-15(13-22)8-10-21(11-14-5-2-3-7-18(14)23)12-16-17(20)6-4-9-19-16/h2-7,9,15,22-23H,8,10-13H2,1H3. The van der Waals surface area contributed by atoms with Gasteiger partial charge in [-0.3, -0.25) is 9.88 Å². The summed E-state index contributed by atoms with van der Waals surface area (Å²) < 4.78 is 0. The van der Waals surface area contributed by atoms with E-state index in [1.165, 1.54) is 0 Å². The summed E-state index contributed by atoms with van der Waals surface area (Å²) in [5.74, 6) is 0.326. The van der Waals surface area contributed by atoms with Crippen molar-refractivity contribution in [2.75, 3.05) is 25.1 Å². The van der Waals surface area contributed by atoms with Gasteiger partial charge in [-0.1, -0.05) is 18.2 Å². The summed E-state index contributed by atoms with van der Waals surface area (Å²) in [5, 5.41) is 19.7. The highest BCUT2D eigenvalue weighted by atomic mass is 16.3. The molecule has 2 N–H and O–H groups in total. The third kappa shape index (κ3) is 3.46. The van der Waals surface area contributed by atoms with E-state index in [2.05, 4.69) is 20.9 Å². The van der Waals surface area contributed by atoms with E-state index in [0.29, 0.717) is 12.3 Å². The van der Waals surface area contributed by atoms with Crippen molar-refractivity contribution >= 4 is 5.69 Å². The first-order valence-corrected chi connectivity index (χ1v) is 7.96. The van der Waals surface area contributed by atoms with E-state index in [1.807, 2.05) is 31.3 Å². The summed E-state index contributed by atoms with van der Waals surface area (Å²) in [6.07, 6.45) is 2.68. The van der Waals surface area contributed by atoms with Crippen LogP contribution in [0.3, 0.4) is 0 Å². The van der Waals surface area contributed by atoms with Crippen LogP contribution in [0.1, 0.15) is 17.7 Å². The van der Waals surface area contributed by atoms with Crippen LogP contribution < -0.4 is 4.90 Å². The van der Waals surface area contributed by atoms with Crippen LogP contribution in [-0.2, 0) is 13.1 Å². The number of benzene rings is 1. The quantitative estimate of drug-likeness (QED) is 0.907. The van der Waals surface area contributed by atoms with Gasteiger partial charge in [-0.05, 0) is 24.6 Å². The summed E-state index contributed by atoms with van der Waals surface area (Å²) in [7, 11) is 2.01. The Morgan fingerprint density at radius 3 is 2.83 bits per heavy atom. The smallest absolute Gasteiger partial charge is 0.120 e. The van der Waals surface area contributed by atoms with E-state index in [-0.39, 0.29) is 12.6 Å². The molecule has 1 aromatic carbocycles. The minimum Gasteiger partial charge on any atom is -0.508 e. The molecule has 0 fully saturated rings. The van der Waals surface area contributed by atoms with Gasteiger partial charge in [0, 0.05) is 38.4 Å². The first-order valence-electron chi connectivity index (χ1n) is 7.96. The summed E-state index contributed by atoms with van der Waals surface area (Å²) >= 11 is 0. The lowest BCUT2D eigenvalue weighted by molar-refractivity contribution is 0.203. The molecule has 0 saturated heterocycles. The number of aromatic hydroxyl groups is 1. The highest BCUT2D eigenvalue weighted by molar-refractivity contribution is 5.51. The van der Waals surface area contributed by atoms with Crippen LogP contribution in [0.15, 0.2) is 42.6 Å². The first-order chi connectivity index (χ1) is 11.2. The van der Waals surface area contributed by atoms with Crippen molar-refractivity contribution in [1.29, 1.82) is 0 Å². The fourth-order valence-corrected chi connectivity index (χ4v) is 3.12. The molecule has 2 aromatic rings. The molecule has 122 valence electrons. The molecule has 5 heteroatoms. The first kappa shape index (κ1) is 15.8. The second kappa shape index (κ2) is 6.98. The number of nitrogens with zero attached hydrogens (tertiary/aromatic N) is 3. The molecule has 1 unspecified atom stereocenters. The fraction of sp³-hybridized carbons (Fsp3) is 0.389. The zero-order valence-electron chi connectivity index (χ0n) is 13.4. The van der Waals surface area contributed by atoms with Crippen molar-refractivity contribution in [1.82, 2.24) is 9.88 Å². The molecule has 5 nitrogen and oxygen atoms in total. The number of phenols is 1. The lowest BCUT2D eigenvalue weighted by Gasteiger charge is -2.35. The van der Waals surface area contributed by atoms with E-state index >= 15 is 0 Å². The van der Waals surface area contributed by atoms with Crippen LogP contribution in [0, 0.1) is 0 Å². The van der Waals surface area contributed by atoms with Gasteiger partial charge in [-0.2, -0.15) is 0 Å². The van der Waals surface area contributed by atoms with Crippen molar-refractivity contribution in [2.24, 2.45) is 0 Å². The number of aromatic nitrogens is 1. The zero-order valence-corrected chi connectivity index (χ0v) is 13.4. The fourth-order valence-electron chi connectivity index (χ4n) is 3.12. The second-order valence-corrected chi connectivity index (χ2v) is 6.04. The van der Waals surface area contributed by atoms with Crippen LogP contribution in [-0.4, -0.2) is 46.3 Å². The summed E-state index contributed by atoms with van der Waals surface area (Å²) in [4.78, 5) is 8.93. The van der Waals surface area contributed by atoms with Gasteiger partial charge in [0.25, 0.3) is 0 Å². The average molecular weight is 313 g/mol. The molecule has 1 aliphatic rings. The monoisotopic (exact) mass is 313 g/mol. The number of para-hydroxylation sites is 1. The van der Waals surface area contributed by atoms with E-state index in [9.17, 15) is 10.2 Å². The van der Waals surface area contributed by atoms with Crippen molar-refractivity contribution in [3.63, 3.8) is 0 Å². The zero-order chi connectivity index (χ0) is 16.2. The Labute approximate surface area is 136 Å². The molecule has 0 bridgehead atoms. The molecular weight excluding hydrogens is 290 g/mol. The Hall–Kier alpha value is -2.11. The summed E-state index contributed by atoms with van der Waals surface area (Å²) in [6.45, 7) is 2.37. The van der Waals surface area contributed by atoms with Crippen molar-refractivity contribution in [3.8, 4) is 5.75 Å². The molecule has 0 radical (unpaired) electrons. The predicted octanol–water partition coefficient (Wildman–Crippen LogP) is 1.99. The molecule has 0 aliphatic carbocycles. The van der Waals surface area contributed by atoms with Gasteiger partial charge >= 0.3 is 0 Å². The van der Waals surface area contributed by atoms with E-state index < -0.39 is 0 Å². The lowest BCUT2D eigenvalue weighted by atomic mass is 10.1. The Kier molecular flexibility index (Phi) is 4.79. The van der Waals surface area contributed by atoms with Gasteiger partial charge in [-0.25, -0.2) is 0 Å². The molecule has 3 rings (SSSR count). The maximum Gasteiger partial charge on any atom is 0.120 e. The number of fused-ring (bicyclic) bond motifs is 1. The second-order valence-electron chi connectivity index (χ2n) is 6.04. The topological polar surface area (TPSA) is 59.8 Å². The maximum atomic E-state index is 10.0. The van der Waals surface area contributed by atoms with Crippen molar-refractivity contribution < 1.29 is 10.2 Å². The minimum absolute atomic E-state index is 0.0742. The van der Waals surface area contributed by atoms with Crippen molar-refractivity contribution in [2.45, 2.75) is 25.6 Å². The van der Waals surface area contributed by atoms with Gasteiger partial charge in [0.15, 0.2) is 0 Å². The number of hydrogen-bond donors (Lipinski definition) is 2. The average Bonchev–Trinajstić information content (AvgIpc) is 2.56. The molecule has 1 aromatic heterocycles. The number of pyridine rings is 1. The van der Waals surface area contributed by atoms with Crippen molar-refractivity contribution in [3.05, 3.63) is 53.9 Å². The molecule has 0 saturated carbocycles. The number of anilines is 1. The molecule has 0 amide bonds. The lowest BCUT2D eigenvalue weighted by Crippen LogP contribution is -2.41. The van der Waals surface area contributed by atoms with E-state index in [0.717, 1.165) is 36.5 Å². The molecule has 1 aliphatic heterocycles. The maximum absolute atomic E-state index is 10.0. The van der Waals surface area contributed by atoms with Crippen LogP contribution in [0.4, 0.5) is 5.69 Å². The minimum atomic E-state index is 0.0742. The normalized spacial score (nSPS) is 19.0. The Bertz CT molecular complexity index is 662. The number of hydrogen-bond acceptors (Lipinski definition) is 5. The largest absolute Gasteiger partial charge is 0.508 e. The van der Waals surface area contributed by atoms with Gasteiger partial charge < -0.3 is 15.1 Å².